The number of amides is 1. The fraction of sp³-hybridized carbons (Fsp3) is 0.316. The highest BCUT2D eigenvalue weighted by molar-refractivity contribution is 5.81. The van der Waals surface area contributed by atoms with Crippen LogP contribution < -0.4 is 10.1 Å². The van der Waals surface area contributed by atoms with Crippen molar-refractivity contribution < 1.29 is 14.6 Å². The van der Waals surface area contributed by atoms with Gasteiger partial charge < -0.3 is 20.1 Å². The van der Waals surface area contributed by atoms with Gasteiger partial charge in [0.2, 0.25) is 0 Å². The van der Waals surface area contributed by atoms with Crippen LogP contribution >= 0.6 is 0 Å². The molecule has 0 aliphatic rings. The molecule has 0 fully saturated rings. The molecule has 2 aromatic carbocycles. The number of carbonyl (C=O) groups is 1. The van der Waals surface area contributed by atoms with Crippen molar-refractivity contribution in [3.05, 3.63) is 65.7 Å². The Hall–Kier alpha value is -2.37. The second-order valence-electron chi connectivity index (χ2n) is 5.79. The number of ether oxygens (including phenoxy) is 1. The molecule has 0 spiro atoms. The fourth-order valence-corrected chi connectivity index (χ4v) is 2.19. The molecule has 0 heterocycles. The van der Waals surface area contributed by atoms with E-state index in [4.69, 9.17) is 4.74 Å². The molecule has 1 atom stereocenters. The van der Waals surface area contributed by atoms with Crippen LogP contribution in [0.3, 0.4) is 0 Å². The van der Waals surface area contributed by atoms with E-state index in [2.05, 4.69) is 5.32 Å². The third kappa shape index (κ3) is 5.37. The number of rotatable bonds is 8. The molecule has 24 heavy (non-hydrogen) atoms. The number of benzene rings is 2. The highest BCUT2D eigenvalue weighted by atomic mass is 16.5. The van der Waals surface area contributed by atoms with Crippen LogP contribution in [0.2, 0.25) is 0 Å². The molecule has 128 valence electrons. The van der Waals surface area contributed by atoms with Crippen LogP contribution in [-0.4, -0.2) is 43.2 Å². The largest absolute Gasteiger partial charge is 0.492 e. The summed E-state index contributed by atoms with van der Waals surface area (Å²) in [6.45, 7) is 1.69. The van der Waals surface area contributed by atoms with Gasteiger partial charge in [0.1, 0.15) is 12.4 Å². The molecule has 0 bridgehead atoms. The highest BCUT2D eigenvalue weighted by Crippen LogP contribution is 2.18. The minimum atomic E-state index is -1.17. The summed E-state index contributed by atoms with van der Waals surface area (Å²) < 4.78 is 5.77. The Morgan fingerprint density at radius 2 is 1.79 bits per heavy atom. The quantitative estimate of drug-likeness (QED) is 0.778. The van der Waals surface area contributed by atoms with Crippen molar-refractivity contribution >= 4 is 5.91 Å². The Bertz CT molecular complexity index is 644. The summed E-state index contributed by atoms with van der Waals surface area (Å²) in [5.41, 5.74) is 1.45. The summed E-state index contributed by atoms with van der Waals surface area (Å²) in [5.74, 6) is 0.318. The Balaban J connectivity index is 1.92. The van der Waals surface area contributed by atoms with E-state index >= 15 is 0 Å². The number of nitrogens with one attached hydrogen (secondary N) is 1. The first-order chi connectivity index (χ1) is 11.6. The van der Waals surface area contributed by atoms with Crippen LogP contribution in [-0.2, 0) is 11.3 Å². The van der Waals surface area contributed by atoms with Crippen molar-refractivity contribution in [2.45, 2.75) is 12.6 Å². The monoisotopic (exact) mass is 328 g/mol. The Labute approximate surface area is 142 Å². The zero-order chi connectivity index (χ0) is 17.4. The van der Waals surface area contributed by atoms with E-state index in [1.165, 1.54) is 0 Å². The van der Waals surface area contributed by atoms with Crippen LogP contribution in [0.15, 0.2) is 54.6 Å². The smallest absolute Gasteiger partial charge is 0.253 e. The molecular weight excluding hydrogens is 304 g/mol. The van der Waals surface area contributed by atoms with E-state index < -0.39 is 12.0 Å². The van der Waals surface area contributed by atoms with E-state index in [0.717, 1.165) is 17.9 Å². The first-order valence-electron chi connectivity index (χ1n) is 7.94. The van der Waals surface area contributed by atoms with Crippen molar-refractivity contribution in [2.75, 3.05) is 27.2 Å². The van der Waals surface area contributed by atoms with Crippen LogP contribution in [0.25, 0.3) is 0 Å². The second-order valence-corrected chi connectivity index (χ2v) is 5.79. The van der Waals surface area contributed by atoms with Crippen molar-refractivity contribution in [2.24, 2.45) is 0 Å². The van der Waals surface area contributed by atoms with Gasteiger partial charge in [0.05, 0.1) is 0 Å². The Morgan fingerprint density at radius 3 is 2.50 bits per heavy atom. The summed E-state index contributed by atoms with van der Waals surface area (Å²) >= 11 is 0. The van der Waals surface area contributed by atoms with Gasteiger partial charge >= 0.3 is 0 Å². The van der Waals surface area contributed by atoms with Crippen LogP contribution in [0.1, 0.15) is 17.2 Å². The molecule has 2 rings (SSSR count). The van der Waals surface area contributed by atoms with Crippen molar-refractivity contribution in [1.82, 2.24) is 10.2 Å². The number of aliphatic hydroxyl groups excluding tert-OH is 1. The third-order valence-electron chi connectivity index (χ3n) is 3.59. The molecule has 2 N–H and O–H groups in total. The van der Waals surface area contributed by atoms with Gasteiger partial charge in [-0.25, -0.2) is 0 Å². The van der Waals surface area contributed by atoms with Gasteiger partial charge in [-0.15, -0.1) is 0 Å². The lowest BCUT2D eigenvalue weighted by Crippen LogP contribution is -2.29. The van der Waals surface area contributed by atoms with E-state index in [1.807, 2.05) is 49.3 Å². The van der Waals surface area contributed by atoms with E-state index in [0.29, 0.717) is 18.7 Å². The molecule has 0 saturated carbocycles. The number of carbonyl (C=O) groups excluding carboxylic acids is 1. The Morgan fingerprint density at radius 1 is 1.12 bits per heavy atom. The molecule has 0 aromatic heterocycles. The van der Waals surface area contributed by atoms with Gasteiger partial charge in [-0.05, 0) is 25.7 Å². The summed E-state index contributed by atoms with van der Waals surface area (Å²) in [7, 11) is 3.97. The first kappa shape index (κ1) is 18.0. The first-order valence-corrected chi connectivity index (χ1v) is 7.94. The van der Waals surface area contributed by atoms with E-state index in [1.54, 1.807) is 24.3 Å². The normalized spacial score (nSPS) is 12.0. The van der Waals surface area contributed by atoms with Crippen molar-refractivity contribution in [3.63, 3.8) is 0 Å². The summed E-state index contributed by atoms with van der Waals surface area (Å²) in [6, 6.07) is 16.5. The maximum absolute atomic E-state index is 12.1. The van der Waals surface area contributed by atoms with Crippen LogP contribution in [0.4, 0.5) is 0 Å². The maximum atomic E-state index is 12.1. The zero-order valence-corrected chi connectivity index (χ0v) is 14.1. The van der Waals surface area contributed by atoms with Gasteiger partial charge in [0, 0.05) is 18.7 Å². The number of likely N-dealkylation sites (N-methyl/N-ethyl adjacent to an activating group) is 1. The van der Waals surface area contributed by atoms with Crippen LogP contribution in [0, 0.1) is 0 Å². The average Bonchev–Trinajstić information content (AvgIpc) is 2.60. The molecule has 0 saturated heterocycles. The molecule has 5 heteroatoms. The molecule has 0 aliphatic carbocycles. The SMILES string of the molecule is CN(C)CCOc1ccccc1CNC(=O)C(O)c1ccccc1. The molecule has 1 unspecified atom stereocenters. The zero-order valence-electron chi connectivity index (χ0n) is 14.1. The van der Waals surface area contributed by atoms with Gasteiger partial charge in [-0.3, -0.25) is 4.79 Å². The van der Waals surface area contributed by atoms with Gasteiger partial charge in [0.15, 0.2) is 6.10 Å². The van der Waals surface area contributed by atoms with Crippen molar-refractivity contribution in [1.29, 1.82) is 0 Å². The standard InChI is InChI=1S/C19H24N2O3/c1-21(2)12-13-24-17-11-7-6-10-16(17)14-20-19(23)18(22)15-8-4-3-5-9-15/h3-11,18,22H,12-14H2,1-2H3,(H,20,23). The summed E-state index contributed by atoms with van der Waals surface area (Å²) in [4.78, 5) is 14.2. The van der Waals surface area contributed by atoms with E-state index in [9.17, 15) is 9.90 Å². The Kier molecular flexibility index (Phi) is 6.78. The number of nitrogens with zero attached hydrogens (tertiary/aromatic N) is 1. The second kappa shape index (κ2) is 9.05. The molecule has 0 aliphatic heterocycles. The van der Waals surface area contributed by atoms with Crippen LogP contribution in [0.5, 0.6) is 5.75 Å². The van der Waals surface area contributed by atoms with Gasteiger partial charge in [0.25, 0.3) is 5.91 Å². The maximum Gasteiger partial charge on any atom is 0.253 e. The minimum absolute atomic E-state index is 0.306. The molecular formula is C19H24N2O3. The minimum Gasteiger partial charge on any atom is -0.492 e. The highest BCUT2D eigenvalue weighted by Gasteiger charge is 2.17. The molecule has 1 amide bonds. The predicted octanol–water partition coefficient (Wildman–Crippen LogP) is 1.98. The lowest BCUT2D eigenvalue weighted by Gasteiger charge is -2.15. The summed E-state index contributed by atoms with van der Waals surface area (Å²) in [6.07, 6.45) is -1.17. The van der Waals surface area contributed by atoms with Gasteiger partial charge in [-0.2, -0.15) is 0 Å². The summed E-state index contributed by atoms with van der Waals surface area (Å²) in [5, 5.41) is 12.8. The lowest BCUT2D eigenvalue weighted by molar-refractivity contribution is -0.129. The fourth-order valence-electron chi connectivity index (χ4n) is 2.19. The van der Waals surface area contributed by atoms with Gasteiger partial charge in [-0.1, -0.05) is 48.5 Å². The van der Waals surface area contributed by atoms with Crippen molar-refractivity contribution in [3.8, 4) is 5.75 Å². The number of para-hydroxylation sites is 1. The number of hydrogen-bond donors (Lipinski definition) is 2. The molecule has 2 aromatic rings. The average molecular weight is 328 g/mol. The van der Waals surface area contributed by atoms with E-state index in [-0.39, 0.29) is 0 Å². The predicted molar refractivity (Wildman–Crippen MR) is 93.7 cm³/mol. The molecule has 5 nitrogen and oxygen atoms in total. The molecule has 0 radical (unpaired) electrons. The number of hydrogen-bond acceptors (Lipinski definition) is 4. The number of aliphatic hydroxyl groups is 1. The third-order valence-corrected chi connectivity index (χ3v) is 3.59. The lowest BCUT2D eigenvalue weighted by atomic mass is 10.1. The topological polar surface area (TPSA) is 61.8 Å².